The molecule has 4 heteroatoms. The minimum atomic E-state index is -1.76. The average molecular weight is 397 g/mol. The van der Waals surface area contributed by atoms with E-state index >= 15 is 0 Å². The summed E-state index contributed by atoms with van der Waals surface area (Å²) in [5, 5.41) is 10.5. The molecule has 0 atom stereocenters. The third kappa shape index (κ3) is 3.44. The van der Waals surface area contributed by atoms with Crippen LogP contribution >= 0.6 is 0 Å². The third-order valence-electron chi connectivity index (χ3n) is 6.64. The van der Waals surface area contributed by atoms with E-state index < -0.39 is 19.7 Å². The molecule has 1 aliphatic rings. The van der Waals surface area contributed by atoms with Crippen LogP contribution in [0.1, 0.15) is 51.2 Å². The van der Waals surface area contributed by atoms with E-state index in [1.54, 1.807) is 0 Å². The van der Waals surface area contributed by atoms with E-state index in [0.717, 1.165) is 35.1 Å². The molecule has 0 bridgehead atoms. The molecular formula is C24H32O3Si. The number of carbonyl (C=O) groups is 1. The lowest BCUT2D eigenvalue weighted by atomic mass is 9.74. The highest BCUT2D eigenvalue weighted by molar-refractivity contribution is 6.74. The number of benzene rings is 2. The summed E-state index contributed by atoms with van der Waals surface area (Å²) in [4.78, 5) is 12.6. The first kappa shape index (κ1) is 20.8. The Bertz CT molecular complexity index is 819. The van der Waals surface area contributed by atoms with Gasteiger partial charge in [-0.1, -0.05) is 69.3 Å². The van der Waals surface area contributed by atoms with Crippen LogP contribution in [0.3, 0.4) is 0 Å². The number of unbranched alkanes of at least 4 members (excludes halogenated alkanes) is 1. The van der Waals surface area contributed by atoms with Crippen molar-refractivity contribution in [3.05, 3.63) is 59.7 Å². The van der Waals surface area contributed by atoms with Crippen molar-refractivity contribution in [2.75, 3.05) is 6.61 Å². The number of hydrogen-bond donors (Lipinski definition) is 1. The van der Waals surface area contributed by atoms with E-state index in [0.29, 0.717) is 13.0 Å². The molecule has 0 fully saturated rings. The topological polar surface area (TPSA) is 46.5 Å². The maximum Gasteiger partial charge on any atom is 0.318 e. The van der Waals surface area contributed by atoms with Crippen LogP contribution in [0.4, 0.5) is 0 Å². The molecule has 2 aromatic rings. The summed E-state index contributed by atoms with van der Waals surface area (Å²) in [5.74, 6) is -0.754. The molecule has 0 heterocycles. The van der Waals surface area contributed by atoms with Crippen LogP contribution in [0.25, 0.3) is 11.1 Å². The van der Waals surface area contributed by atoms with E-state index in [2.05, 4.69) is 33.9 Å². The van der Waals surface area contributed by atoms with Gasteiger partial charge in [-0.2, -0.15) is 0 Å². The van der Waals surface area contributed by atoms with Crippen molar-refractivity contribution in [2.24, 2.45) is 0 Å². The van der Waals surface area contributed by atoms with Gasteiger partial charge in [0.1, 0.15) is 5.41 Å². The van der Waals surface area contributed by atoms with Gasteiger partial charge in [0.2, 0.25) is 0 Å². The summed E-state index contributed by atoms with van der Waals surface area (Å²) < 4.78 is 6.28. The lowest BCUT2D eigenvalue weighted by Gasteiger charge is -2.36. The Morgan fingerprint density at radius 2 is 1.46 bits per heavy atom. The van der Waals surface area contributed by atoms with Crippen molar-refractivity contribution in [3.8, 4) is 11.1 Å². The van der Waals surface area contributed by atoms with Gasteiger partial charge in [0.25, 0.3) is 0 Å². The molecule has 3 nitrogen and oxygen atoms in total. The Morgan fingerprint density at radius 1 is 0.964 bits per heavy atom. The van der Waals surface area contributed by atoms with Crippen LogP contribution in [0.15, 0.2) is 48.5 Å². The molecule has 0 spiro atoms. The Balaban J connectivity index is 1.79. The molecule has 150 valence electrons. The monoisotopic (exact) mass is 396 g/mol. The molecule has 1 aliphatic carbocycles. The first-order valence-electron chi connectivity index (χ1n) is 10.2. The van der Waals surface area contributed by atoms with Gasteiger partial charge in [0.05, 0.1) is 0 Å². The van der Waals surface area contributed by atoms with Crippen molar-refractivity contribution >= 4 is 14.3 Å². The Kier molecular flexibility index (Phi) is 5.57. The van der Waals surface area contributed by atoms with Crippen molar-refractivity contribution < 1.29 is 14.3 Å². The molecule has 0 unspecified atom stereocenters. The van der Waals surface area contributed by atoms with E-state index in [1.165, 1.54) is 0 Å². The maximum absolute atomic E-state index is 12.6. The molecule has 1 N–H and O–H groups in total. The van der Waals surface area contributed by atoms with E-state index in [9.17, 15) is 9.90 Å². The second kappa shape index (κ2) is 7.49. The van der Waals surface area contributed by atoms with Crippen LogP contribution < -0.4 is 0 Å². The quantitative estimate of drug-likeness (QED) is 0.446. The number of rotatable bonds is 7. The van der Waals surface area contributed by atoms with Crippen molar-refractivity contribution in [1.29, 1.82) is 0 Å². The van der Waals surface area contributed by atoms with Gasteiger partial charge in [-0.3, -0.25) is 4.79 Å². The molecule has 0 saturated carbocycles. The smallest absolute Gasteiger partial charge is 0.318 e. The minimum Gasteiger partial charge on any atom is -0.480 e. The fraction of sp³-hybridized carbons (Fsp3) is 0.458. The number of aliphatic carboxylic acids is 1. The molecule has 2 aromatic carbocycles. The van der Waals surface area contributed by atoms with Gasteiger partial charge in [-0.05, 0) is 59.6 Å². The van der Waals surface area contributed by atoms with E-state index in [-0.39, 0.29) is 5.04 Å². The molecule has 28 heavy (non-hydrogen) atoms. The van der Waals surface area contributed by atoms with Gasteiger partial charge >= 0.3 is 5.97 Å². The number of carboxylic acid groups (broad SMARTS) is 1. The zero-order valence-corrected chi connectivity index (χ0v) is 18.7. The fourth-order valence-electron chi connectivity index (χ4n) is 3.97. The zero-order valence-electron chi connectivity index (χ0n) is 17.7. The second-order valence-corrected chi connectivity index (χ2v) is 14.2. The van der Waals surface area contributed by atoms with Crippen molar-refractivity contribution in [2.45, 2.75) is 63.6 Å². The molecule has 0 radical (unpaired) electrons. The largest absolute Gasteiger partial charge is 0.480 e. The summed E-state index contributed by atoms with van der Waals surface area (Å²) in [6.45, 7) is 11.9. The van der Waals surface area contributed by atoms with Gasteiger partial charge < -0.3 is 9.53 Å². The molecular weight excluding hydrogens is 364 g/mol. The van der Waals surface area contributed by atoms with Crippen LogP contribution in [-0.2, 0) is 14.6 Å². The summed E-state index contributed by atoms with van der Waals surface area (Å²) in [5.41, 5.74) is 3.00. The highest BCUT2D eigenvalue weighted by Crippen LogP contribution is 2.51. The van der Waals surface area contributed by atoms with Crippen LogP contribution in [0.2, 0.25) is 18.1 Å². The lowest BCUT2D eigenvalue weighted by molar-refractivity contribution is -0.142. The average Bonchev–Trinajstić information content (AvgIpc) is 2.92. The first-order valence-corrected chi connectivity index (χ1v) is 13.1. The SMILES string of the molecule is CC(C)(C)[Si](C)(C)OCCCCC1(C(=O)O)c2ccccc2-c2ccccc21. The number of carboxylic acids is 1. The normalized spacial score (nSPS) is 15.2. The summed E-state index contributed by atoms with van der Waals surface area (Å²) >= 11 is 0. The first-order chi connectivity index (χ1) is 13.1. The van der Waals surface area contributed by atoms with Crippen LogP contribution in [-0.4, -0.2) is 26.0 Å². The van der Waals surface area contributed by atoms with Gasteiger partial charge in [-0.15, -0.1) is 0 Å². The Hall–Kier alpha value is -1.91. The van der Waals surface area contributed by atoms with E-state index in [4.69, 9.17) is 4.43 Å². The van der Waals surface area contributed by atoms with Crippen LogP contribution in [0, 0.1) is 0 Å². The lowest BCUT2D eigenvalue weighted by Crippen LogP contribution is -2.41. The van der Waals surface area contributed by atoms with Gasteiger partial charge in [0, 0.05) is 6.61 Å². The third-order valence-corrected chi connectivity index (χ3v) is 11.2. The van der Waals surface area contributed by atoms with Crippen molar-refractivity contribution in [3.63, 3.8) is 0 Å². The van der Waals surface area contributed by atoms with Gasteiger partial charge in [-0.25, -0.2) is 0 Å². The van der Waals surface area contributed by atoms with Crippen LogP contribution in [0.5, 0.6) is 0 Å². The summed E-state index contributed by atoms with van der Waals surface area (Å²) in [6, 6.07) is 15.9. The Morgan fingerprint density at radius 3 is 1.93 bits per heavy atom. The highest BCUT2D eigenvalue weighted by atomic mass is 28.4. The Labute approximate surface area is 169 Å². The second-order valence-electron chi connectivity index (χ2n) is 9.37. The number of fused-ring (bicyclic) bond motifs is 3. The molecule has 0 aliphatic heterocycles. The molecule has 3 rings (SSSR count). The highest BCUT2D eigenvalue weighted by Gasteiger charge is 2.48. The molecule has 0 saturated heterocycles. The molecule has 0 aromatic heterocycles. The van der Waals surface area contributed by atoms with E-state index in [1.807, 2.05) is 48.5 Å². The predicted molar refractivity (Wildman–Crippen MR) is 117 cm³/mol. The number of hydrogen-bond acceptors (Lipinski definition) is 2. The maximum atomic E-state index is 12.6. The van der Waals surface area contributed by atoms with Crippen molar-refractivity contribution in [1.82, 2.24) is 0 Å². The standard InChI is InChI=1S/C24H32O3Si/c1-23(2,3)28(4,5)27-17-11-10-16-24(22(25)26)20-14-8-6-12-18(20)19-13-7-9-15-21(19)24/h6-9,12-15H,10-11,16-17H2,1-5H3,(H,25,26). The van der Waals surface area contributed by atoms with Gasteiger partial charge in [0.15, 0.2) is 8.32 Å². The minimum absolute atomic E-state index is 0.193. The fourth-order valence-corrected chi connectivity index (χ4v) is 5.06. The molecule has 0 amide bonds. The zero-order chi connectivity index (χ0) is 20.6. The summed E-state index contributed by atoms with van der Waals surface area (Å²) in [6.07, 6.45) is 2.30. The summed E-state index contributed by atoms with van der Waals surface area (Å²) in [7, 11) is -1.76. The predicted octanol–water partition coefficient (Wildman–Crippen LogP) is 6.23.